The van der Waals surface area contributed by atoms with Crippen LogP contribution in [0.1, 0.15) is 12.8 Å². The molecule has 2 aromatic rings. The van der Waals surface area contributed by atoms with Gasteiger partial charge in [-0.05, 0) is 44.0 Å². The standard InChI is InChI=1S/C14H19N5/c1-2-13(16-5-1)12-9-18-14(19-10-12)17-7-4-11-3-6-15-8-11/h1-2,5,9-11,15-16H,3-4,6-8H2,(H,17,18,19). The molecule has 1 saturated heterocycles. The van der Waals surface area contributed by atoms with Crippen LogP contribution in [-0.4, -0.2) is 34.6 Å². The van der Waals surface area contributed by atoms with E-state index >= 15 is 0 Å². The molecule has 0 radical (unpaired) electrons. The van der Waals surface area contributed by atoms with Crippen molar-refractivity contribution >= 4 is 5.95 Å². The lowest BCUT2D eigenvalue weighted by molar-refractivity contribution is 0.548. The minimum atomic E-state index is 0.710. The van der Waals surface area contributed by atoms with Crippen molar-refractivity contribution in [2.75, 3.05) is 25.0 Å². The number of H-pyrrole nitrogens is 1. The molecule has 5 nitrogen and oxygen atoms in total. The van der Waals surface area contributed by atoms with Crippen LogP contribution in [0, 0.1) is 5.92 Å². The predicted octanol–water partition coefficient (Wildman–Crippen LogP) is 1.88. The largest absolute Gasteiger partial charge is 0.361 e. The van der Waals surface area contributed by atoms with Crippen LogP contribution in [0.15, 0.2) is 30.7 Å². The van der Waals surface area contributed by atoms with E-state index in [-0.39, 0.29) is 0 Å². The summed E-state index contributed by atoms with van der Waals surface area (Å²) in [7, 11) is 0. The van der Waals surface area contributed by atoms with Crippen molar-refractivity contribution in [2.45, 2.75) is 12.8 Å². The molecule has 5 heteroatoms. The van der Waals surface area contributed by atoms with Gasteiger partial charge in [0.2, 0.25) is 5.95 Å². The van der Waals surface area contributed by atoms with Crippen molar-refractivity contribution in [3.8, 4) is 11.3 Å². The van der Waals surface area contributed by atoms with Gasteiger partial charge in [-0.15, -0.1) is 0 Å². The summed E-state index contributed by atoms with van der Waals surface area (Å²) in [6.07, 6.45) is 8.05. The first-order valence-corrected chi connectivity index (χ1v) is 6.82. The average Bonchev–Trinajstić information content (AvgIpc) is 3.13. The molecular formula is C14H19N5. The van der Waals surface area contributed by atoms with Gasteiger partial charge >= 0.3 is 0 Å². The maximum absolute atomic E-state index is 4.34. The van der Waals surface area contributed by atoms with Gasteiger partial charge in [-0.3, -0.25) is 0 Å². The Kier molecular flexibility index (Phi) is 3.74. The third-order valence-corrected chi connectivity index (χ3v) is 3.56. The second-order valence-corrected chi connectivity index (χ2v) is 4.95. The highest BCUT2D eigenvalue weighted by Gasteiger charge is 2.13. The van der Waals surface area contributed by atoms with Crippen LogP contribution < -0.4 is 10.6 Å². The summed E-state index contributed by atoms with van der Waals surface area (Å²) in [4.78, 5) is 11.8. The summed E-state index contributed by atoms with van der Waals surface area (Å²) in [6.45, 7) is 3.24. The molecule has 1 atom stereocenters. The third-order valence-electron chi connectivity index (χ3n) is 3.56. The van der Waals surface area contributed by atoms with Gasteiger partial charge in [-0.2, -0.15) is 0 Å². The summed E-state index contributed by atoms with van der Waals surface area (Å²) in [5, 5.41) is 6.67. The van der Waals surface area contributed by atoms with Crippen molar-refractivity contribution in [3.05, 3.63) is 30.7 Å². The summed E-state index contributed by atoms with van der Waals surface area (Å²) < 4.78 is 0. The molecule has 1 aliphatic heterocycles. The molecule has 0 amide bonds. The second kappa shape index (κ2) is 5.84. The van der Waals surface area contributed by atoms with Crippen LogP contribution in [0.25, 0.3) is 11.3 Å². The first kappa shape index (κ1) is 12.2. The Balaban J connectivity index is 1.51. The fourth-order valence-corrected chi connectivity index (χ4v) is 2.42. The van der Waals surface area contributed by atoms with Crippen molar-refractivity contribution in [3.63, 3.8) is 0 Å². The molecule has 3 rings (SSSR count). The monoisotopic (exact) mass is 257 g/mol. The fourth-order valence-electron chi connectivity index (χ4n) is 2.42. The number of aromatic amines is 1. The number of nitrogens with zero attached hydrogens (tertiary/aromatic N) is 2. The predicted molar refractivity (Wildman–Crippen MR) is 75.9 cm³/mol. The Hall–Kier alpha value is -1.88. The second-order valence-electron chi connectivity index (χ2n) is 4.95. The van der Waals surface area contributed by atoms with E-state index in [0.29, 0.717) is 5.95 Å². The zero-order valence-electron chi connectivity index (χ0n) is 10.9. The zero-order valence-corrected chi connectivity index (χ0v) is 10.9. The first-order chi connectivity index (χ1) is 9.42. The normalized spacial score (nSPS) is 18.6. The lowest BCUT2D eigenvalue weighted by atomic mass is 10.1. The summed E-state index contributed by atoms with van der Waals surface area (Å²) in [6, 6.07) is 3.98. The minimum Gasteiger partial charge on any atom is -0.361 e. The highest BCUT2D eigenvalue weighted by molar-refractivity contribution is 5.57. The van der Waals surface area contributed by atoms with Crippen molar-refractivity contribution < 1.29 is 0 Å². The average molecular weight is 257 g/mol. The third kappa shape index (κ3) is 3.12. The smallest absolute Gasteiger partial charge is 0.222 e. The van der Waals surface area contributed by atoms with Gasteiger partial charge < -0.3 is 15.6 Å². The topological polar surface area (TPSA) is 65.6 Å². The number of hydrogen-bond donors (Lipinski definition) is 3. The Labute approximate surface area is 112 Å². The van der Waals surface area contributed by atoms with Gasteiger partial charge in [0.1, 0.15) is 0 Å². The summed E-state index contributed by atoms with van der Waals surface area (Å²) in [5.41, 5.74) is 2.05. The maximum atomic E-state index is 4.34. The first-order valence-electron chi connectivity index (χ1n) is 6.82. The molecule has 19 heavy (non-hydrogen) atoms. The molecule has 2 aromatic heterocycles. The van der Waals surface area contributed by atoms with Crippen molar-refractivity contribution in [2.24, 2.45) is 5.92 Å². The van der Waals surface area contributed by atoms with Crippen LogP contribution in [0.3, 0.4) is 0 Å². The van der Waals surface area contributed by atoms with Crippen molar-refractivity contribution in [1.82, 2.24) is 20.3 Å². The molecule has 0 bridgehead atoms. The van der Waals surface area contributed by atoms with Gasteiger partial charge in [-0.1, -0.05) is 0 Å². The Morgan fingerprint density at radius 3 is 2.89 bits per heavy atom. The van der Waals surface area contributed by atoms with Gasteiger partial charge in [-0.25, -0.2) is 9.97 Å². The summed E-state index contributed by atoms with van der Waals surface area (Å²) >= 11 is 0. The van der Waals surface area contributed by atoms with E-state index in [1.54, 1.807) is 0 Å². The van der Waals surface area contributed by atoms with Crippen molar-refractivity contribution in [1.29, 1.82) is 0 Å². The summed E-state index contributed by atoms with van der Waals surface area (Å²) in [5.74, 6) is 1.51. The lowest BCUT2D eigenvalue weighted by Crippen LogP contribution is -2.13. The Morgan fingerprint density at radius 1 is 1.32 bits per heavy atom. The molecule has 1 aliphatic rings. The van der Waals surface area contributed by atoms with Gasteiger partial charge in [0, 0.05) is 36.4 Å². The van der Waals surface area contributed by atoms with E-state index in [9.17, 15) is 0 Å². The van der Waals surface area contributed by atoms with Gasteiger partial charge in [0.25, 0.3) is 0 Å². The molecule has 3 N–H and O–H groups in total. The number of aromatic nitrogens is 3. The van der Waals surface area contributed by atoms with Crippen LogP contribution >= 0.6 is 0 Å². The molecule has 1 unspecified atom stereocenters. The number of nitrogens with one attached hydrogen (secondary N) is 3. The molecule has 0 aliphatic carbocycles. The fraction of sp³-hybridized carbons (Fsp3) is 0.429. The quantitative estimate of drug-likeness (QED) is 0.765. The molecule has 0 aromatic carbocycles. The maximum Gasteiger partial charge on any atom is 0.222 e. The van der Waals surface area contributed by atoms with Gasteiger partial charge in [0.15, 0.2) is 0 Å². The molecule has 0 saturated carbocycles. The molecule has 100 valence electrons. The highest BCUT2D eigenvalue weighted by Crippen LogP contribution is 2.15. The SMILES string of the molecule is c1c[nH]c(-c2cnc(NCCC3CCNC3)nc2)c1. The molecule has 1 fully saturated rings. The van der Waals surface area contributed by atoms with E-state index in [1.165, 1.54) is 12.8 Å². The number of hydrogen-bond acceptors (Lipinski definition) is 4. The van der Waals surface area contributed by atoms with E-state index in [4.69, 9.17) is 0 Å². The minimum absolute atomic E-state index is 0.710. The molecular weight excluding hydrogens is 238 g/mol. The highest BCUT2D eigenvalue weighted by atomic mass is 15.1. The van der Waals surface area contributed by atoms with Crippen LogP contribution in [0.2, 0.25) is 0 Å². The van der Waals surface area contributed by atoms with E-state index in [1.807, 2.05) is 30.7 Å². The number of anilines is 1. The van der Waals surface area contributed by atoms with Gasteiger partial charge in [0.05, 0.1) is 0 Å². The lowest BCUT2D eigenvalue weighted by Gasteiger charge is -2.09. The number of rotatable bonds is 5. The Morgan fingerprint density at radius 2 is 2.21 bits per heavy atom. The van der Waals surface area contributed by atoms with E-state index in [2.05, 4.69) is 25.6 Å². The van der Waals surface area contributed by atoms with E-state index < -0.39 is 0 Å². The van der Waals surface area contributed by atoms with E-state index in [0.717, 1.165) is 36.8 Å². The zero-order chi connectivity index (χ0) is 12.9. The van der Waals surface area contributed by atoms with Crippen LogP contribution in [0.5, 0.6) is 0 Å². The van der Waals surface area contributed by atoms with Crippen LogP contribution in [-0.2, 0) is 0 Å². The molecule has 0 spiro atoms. The Bertz CT molecular complexity index is 485. The molecule has 3 heterocycles. The van der Waals surface area contributed by atoms with Crippen LogP contribution in [0.4, 0.5) is 5.95 Å².